The van der Waals surface area contributed by atoms with Gasteiger partial charge in [-0.15, -0.1) is 0 Å². The van der Waals surface area contributed by atoms with Gasteiger partial charge in [-0.05, 0) is 24.5 Å². The molecule has 0 radical (unpaired) electrons. The molecular weight excluding hydrogens is 364 g/mol. The highest BCUT2D eigenvalue weighted by atomic mass is 32.2. The number of aromatic nitrogens is 2. The molecule has 0 saturated carbocycles. The van der Waals surface area contributed by atoms with Crippen LogP contribution in [0.15, 0.2) is 40.3 Å². The molecule has 7 nitrogen and oxygen atoms in total. The van der Waals surface area contributed by atoms with Crippen molar-refractivity contribution < 1.29 is 9.59 Å². The number of nitrogens with one attached hydrogen (secondary N) is 3. The molecule has 8 heteroatoms. The number of aromatic amines is 1. The molecule has 27 heavy (non-hydrogen) atoms. The van der Waals surface area contributed by atoms with Gasteiger partial charge in [-0.2, -0.15) is 0 Å². The Balaban J connectivity index is 2.29. The fourth-order valence-electron chi connectivity index (χ4n) is 2.11. The normalized spacial score (nSPS) is 10.7. The molecule has 0 aliphatic rings. The number of benzene rings is 1. The SMILES string of the molecule is CCC(=O)Nc1nc(SCCC(C)C)[nH]c(=O)c1NC(=O)c1ccccc1. The van der Waals surface area contributed by atoms with Crippen LogP contribution in [0.5, 0.6) is 0 Å². The minimum Gasteiger partial charge on any atom is -0.314 e. The molecule has 2 rings (SSSR count). The first-order chi connectivity index (χ1) is 12.9. The van der Waals surface area contributed by atoms with Crippen molar-refractivity contribution in [2.45, 2.75) is 38.8 Å². The van der Waals surface area contributed by atoms with E-state index in [2.05, 4.69) is 34.4 Å². The molecule has 1 aromatic carbocycles. The van der Waals surface area contributed by atoms with Crippen molar-refractivity contribution in [3.63, 3.8) is 0 Å². The Bertz CT molecular complexity index is 850. The van der Waals surface area contributed by atoms with Crippen LogP contribution in [0.4, 0.5) is 11.5 Å². The molecule has 0 unspecified atom stereocenters. The van der Waals surface area contributed by atoms with Gasteiger partial charge in [-0.3, -0.25) is 19.4 Å². The maximum absolute atomic E-state index is 12.5. The van der Waals surface area contributed by atoms with Crippen molar-refractivity contribution >= 4 is 35.1 Å². The topological polar surface area (TPSA) is 104 Å². The van der Waals surface area contributed by atoms with Crippen LogP contribution in [0.2, 0.25) is 0 Å². The Kier molecular flexibility index (Phi) is 7.60. The predicted molar refractivity (Wildman–Crippen MR) is 108 cm³/mol. The summed E-state index contributed by atoms with van der Waals surface area (Å²) >= 11 is 1.41. The van der Waals surface area contributed by atoms with E-state index in [1.165, 1.54) is 11.8 Å². The fourth-order valence-corrected chi connectivity index (χ4v) is 3.22. The summed E-state index contributed by atoms with van der Waals surface area (Å²) in [5.41, 5.74) is -0.174. The summed E-state index contributed by atoms with van der Waals surface area (Å²) in [7, 11) is 0. The average molecular weight is 388 g/mol. The third-order valence-electron chi connectivity index (χ3n) is 3.69. The van der Waals surface area contributed by atoms with Crippen molar-refractivity contribution in [1.82, 2.24) is 9.97 Å². The zero-order valence-corrected chi connectivity index (χ0v) is 16.5. The van der Waals surface area contributed by atoms with Gasteiger partial charge in [0.05, 0.1) is 0 Å². The molecule has 1 aromatic heterocycles. The summed E-state index contributed by atoms with van der Waals surface area (Å²) in [5, 5.41) is 5.56. The van der Waals surface area contributed by atoms with Gasteiger partial charge in [0.1, 0.15) is 0 Å². The third-order valence-corrected chi connectivity index (χ3v) is 4.59. The fraction of sp³-hybridized carbons (Fsp3) is 0.368. The van der Waals surface area contributed by atoms with E-state index in [1.54, 1.807) is 37.3 Å². The number of nitrogens with zero attached hydrogens (tertiary/aromatic N) is 1. The van der Waals surface area contributed by atoms with Crippen molar-refractivity contribution in [1.29, 1.82) is 0 Å². The van der Waals surface area contributed by atoms with Gasteiger partial charge >= 0.3 is 0 Å². The Morgan fingerprint density at radius 2 is 1.89 bits per heavy atom. The Morgan fingerprint density at radius 3 is 2.52 bits per heavy atom. The van der Waals surface area contributed by atoms with E-state index < -0.39 is 11.5 Å². The second-order valence-corrected chi connectivity index (χ2v) is 7.43. The van der Waals surface area contributed by atoms with E-state index in [0.29, 0.717) is 16.6 Å². The zero-order chi connectivity index (χ0) is 19.8. The maximum Gasteiger partial charge on any atom is 0.277 e. The molecule has 0 aliphatic carbocycles. The lowest BCUT2D eigenvalue weighted by atomic mass is 10.2. The van der Waals surface area contributed by atoms with Crippen LogP contribution in [0.25, 0.3) is 0 Å². The lowest BCUT2D eigenvalue weighted by Crippen LogP contribution is -2.25. The predicted octanol–water partition coefficient (Wildman–Crippen LogP) is 3.51. The Hall–Kier alpha value is -2.61. The summed E-state index contributed by atoms with van der Waals surface area (Å²) in [4.78, 5) is 43.7. The van der Waals surface area contributed by atoms with Gasteiger partial charge < -0.3 is 10.6 Å². The van der Waals surface area contributed by atoms with E-state index >= 15 is 0 Å². The molecular formula is C19H24N4O3S. The molecule has 2 aromatic rings. The Labute approximate surface area is 162 Å². The first-order valence-corrected chi connectivity index (χ1v) is 9.82. The molecule has 0 atom stereocenters. The highest BCUT2D eigenvalue weighted by Gasteiger charge is 2.17. The van der Waals surface area contributed by atoms with Crippen molar-refractivity contribution in [2.75, 3.05) is 16.4 Å². The number of amides is 2. The molecule has 0 bridgehead atoms. The van der Waals surface area contributed by atoms with Crippen molar-refractivity contribution in [3.8, 4) is 0 Å². The van der Waals surface area contributed by atoms with E-state index in [0.717, 1.165) is 12.2 Å². The zero-order valence-electron chi connectivity index (χ0n) is 15.7. The molecule has 144 valence electrons. The lowest BCUT2D eigenvalue weighted by molar-refractivity contribution is -0.115. The molecule has 2 amide bonds. The summed E-state index contributed by atoms with van der Waals surface area (Å²) in [6, 6.07) is 8.52. The largest absolute Gasteiger partial charge is 0.314 e. The van der Waals surface area contributed by atoms with E-state index in [1.807, 2.05) is 0 Å². The first kappa shape index (κ1) is 20.7. The summed E-state index contributed by atoms with van der Waals surface area (Å²) in [5.74, 6) is 0.642. The second kappa shape index (κ2) is 9.91. The number of hydrogen-bond acceptors (Lipinski definition) is 5. The van der Waals surface area contributed by atoms with Crippen molar-refractivity contribution in [3.05, 3.63) is 46.2 Å². The highest BCUT2D eigenvalue weighted by Crippen LogP contribution is 2.21. The van der Waals surface area contributed by atoms with Gasteiger partial charge in [0.25, 0.3) is 11.5 Å². The monoisotopic (exact) mass is 388 g/mol. The minimum absolute atomic E-state index is 0.0573. The maximum atomic E-state index is 12.5. The number of H-pyrrole nitrogens is 1. The quantitative estimate of drug-likeness (QED) is 0.474. The van der Waals surface area contributed by atoms with E-state index in [-0.39, 0.29) is 23.8 Å². The summed E-state index contributed by atoms with van der Waals surface area (Å²) in [6.45, 7) is 5.93. The van der Waals surface area contributed by atoms with Crippen LogP contribution < -0.4 is 16.2 Å². The van der Waals surface area contributed by atoms with Gasteiger partial charge in [0, 0.05) is 17.7 Å². The highest BCUT2D eigenvalue weighted by molar-refractivity contribution is 7.99. The average Bonchev–Trinajstić information content (AvgIpc) is 2.64. The first-order valence-electron chi connectivity index (χ1n) is 8.84. The molecule has 3 N–H and O–H groups in total. The smallest absolute Gasteiger partial charge is 0.277 e. The summed E-state index contributed by atoms with van der Waals surface area (Å²) in [6.07, 6.45) is 1.20. The molecule has 0 saturated heterocycles. The minimum atomic E-state index is -0.507. The number of carbonyl (C=O) groups excluding carboxylic acids is 2. The number of thioether (sulfide) groups is 1. The van der Waals surface area contributed by atoms with Gasteiger partial charge in [-0.25, -0.2) is 4.98 Å². The number of hydrogen-bond donors (Lipinski definition) is 3. The molecule has 0 spiro atoms. The Morgan fingerprint density at radius 1 is 1.19 bits per heavy atom. The van der Waals surface area contributed by atoms with Gasteiger partial charge in [0.2, 0.25) is 5.91 Å². The number of anilines is 2. The van der Waals surface area contributed by atoms with Crippen LogP contribution in [-0.4, -0.2) is 27.5 Å². The molecule has 0 fully saturated rings. The van der Waals surface area contributed by atoms with Gasteiger partial charge in [-0.1, -0.05) is 50.7 Å². The van der Waals surface area contributed by atoms with E-state index in [4.69, 9.17) is 0 Å². The summed E-state index contributed by atoms with van der Waals surface area (Å²) < 4.78 is 0. The number of rotatable bonds is 8. The van der Waals surface area contributed by atoms with Crippen molar-refractivity contribution in [2.24, 2.45) is 5.92 Å². The second-order valence-electron chi connectivity index (χ2n) is 6.35. The van der Waals surface area contributed by atoms with E-state index in [9.17, 15) is 14.4 Å². The van der Waals surface area contributed by atoms with Crippen LogP contribution in [0.3, 0.4) is 0 Å². The van der Waals surface area contributed by atoms with Crippen LogP contribution in [0, 0.1) is 5.92 Å². The molecule has 1 heterocycles. The van der Waals surface area contributed by atoms with Crippen LogP contribution in [-0.2, 0) is 4.79 Å². The lowest BCUT2D eigenvalue weighted by Gasteiger charge is -2.12. The standard InChI is InChI=1S/C19H24N4O3S/c1-4-14(24)20-16-15(21-17(25)13-8-6-5-7-9-13)18(26)23-19(22-16)27-11-10-12(2)3/h5-9,12H,4,10-11H2,1-3H3,(H,21,25)(H2,20,22,23,24,26). The van der Waals surface area contributed by atoms with Crippen LogP contribution in [0.1, 0.15) is 44.0 Å². The van der Waals surface area contributed by atoms with Crippen LogP contribution >= 0.6 is 11.8 Å². The van der Waals surface area contributed by atoms with Gasteiger partial charge in [0.15, 0.2) is 16.7 Å². The molecule has 0 aliphatic heterocycles. The number of carbonyl (C=O) groups is 2. The third kappa shape index (κ3) is 6.25.